The number of furan rings is 1. The zero-order valence-electron chi connectivity index (χ0n) is 16.1. The van der Waals surface area contributed by atoms with E-state index in [-0.39, 0.29) is 11.8 Å². The van der Waals surface area contributed by atoms with Crippen molar-refractivity contribution in [3.05, 3.63) is 35.1 Å². The summed E-state index contributed by atoms with van der Waals surface area (Å²) < 4.78 is 5.65. The van der Waals surface area contributed by atoms with Crippen molar-refractivity contribution in [2.75, 3.05) is 32.7 Å². The van der Waals surface area contributed by atoms with E-state index in [1.54, 1.807) is 6.26 Å². The molecule has 1 aliphatic carbocycles. The zero-order chi connectivity index (χ0) is 19.0. The van der Waals surface area contributed by atoms with E-state index in [1.165, 1.54) is 11.1 Å². The Kier molecular flexibility index (Phi) is 4.91. The predicted octanol–water partition coefficient (Wildman–Crippen LogP) is 2.01. The van der Waals surface area contributed by atoms with Gasteiger partial charge in [-0.2, -0.15) is 0 Å². The molecule has 6 heteroatoms. The normalized spacial score (nSPS) is 18.1. The molecule has 27 heavy (non-hydrogen) atoms. The summed E-state index contributed by atoms with van der Waals surface area (Å²) in [6, 6.07) is 4.54. The van der Waals surface area contributed by atoms with Crippen LogP contribution in [0.1, 0.15) is 29.5 Å². The standard InChI is InChI=1S/C21H27N3O3/c1-14-9-18-16(13-27-19(18)10-15(14)2)11-21(26)24-7-5-23(6-8-24)12-20(25)22-17-3-4-17/h9-10,13,17H,3-8,11-12H2,1-2H3,(H,22,25). The van der Waals surface area contributed by atoms with E-state index >= 15 is 0 Å². The third-order valence-corrected chi connectivity index (χ3v) is 5.65. The second-order valence-corrected chi connectivity index (χ2v) is 7.87. The van der Waals surface area contributed by atoms with Gasteiger partial charge in [-0.25, -0.2) is 0 Å². The fraction of sp³-hybridized carbons (Fsp3) is 0.524. The molecular formula is C21H27N3O3. The van der Waals surface area contributed by atoms with Gasteiger partial charge in [0.05, 0.1) is 19.2 Å². The number of hydrogen-bond acceptors (Lipinski definition) is 4. The average Bonchev–Trinajstić information content (AvgIpc) is 3.38. The number of aryl methyl sites for hydroxylation is 2. The molecule has 2 fully saturated rings. The highest BCUT2D eigenvalue weighted by Crippen LogP contribution is 2.25. The van der Waals surface area contributed by atoms with Crippen LogP contribution in [-0.4, -0.2) is 60.4 Å². The minimum atomic E-state index is 0.104. The van der Waals surface area contributed by atoms with Crippen LogP contribution in [-0.2, 0) is 16.0 Å². The van der Waals surface area contributed by atoms with E-state index in [4.69, 9.17) is 4.42 Å². The molecule has 0 atom stereocenters. The van der Waals surface area contributed by atoms with E-state index in [0.29, 0.717) is 32.1 Å². The first-order chi connectivity index (χ1) is 13.0. The van der Waals surface area contributed by atoms with Gasteiger partial charge in [0.1, 0.15) is 5.58 Å². The summed E-state index contributed by atoms with van der Waals surface area (Å²) >= 11 is 0. The molecule has 2 aromatic rings. The first-order valence-corrected chi connectivity index (χ1v) is 9.76. The van der Waals surface area contributed by atoms with Gasteiger partial charge in [-0.3, -0.25) is 14.5 Å². The number of carbonyl (C=O) groups excluding carboxylic acids is 2. The van der Waals surface area contributed by atoms with Crippen LogP contribution in [0.3, 0.4) is 0 Å². The molecule has 0 radical (unpaired) electrons. The largest absolute Gasteiger partial charge is 0.464 e. The Bertz CT molecular complexity index is 861. The SMILES string of the molecule is Cc1cc2occ(CC(=O)N3CCN(CC(=O)NC4CC4)CC3)c2cc1C. The van der Waals surface area contributed by atoms with Gasteiger partial charge in [0.2, 0.25) is 11.8 Å². The number of carbonyl (C=O) groups is 2. The maximum atomic E-state index is 12.7. The molecule has 1 aromatic carbocycles. The molecule has 0 spiro atoms. The fourth-order valence-corrected chi connectivity index (χ4v) is 3.61. The van der Waals surface area contributed by atoms with Crippen LogP contribution in [0.2, 0.25) is 0 Å². The molecule has 4 rings (SSSR count). The molecule has 2 heterocycles. The Morgan fingerprint density at radius 3 is 2.52 bits per heavy atom. The number of amides is 2. The van der Waals surface area contributed by atoms with E-state index in [2.05, 4.69) is 30.1 Å². The number of rotatable bonds is 5. The van der Waals surface area contributed by atoms with Gasteiger partial charge in [0.15, 0.2) is 0 Å². The Labute approximate surface area is 159 Å². The van der Waals surface area contributed by atoms with Gasteiger partial charge < -0.3 is 14.6 Å². The minimum absolute atomic E-state index is 0.104. The zero-order valence-corrected chi connectivity index (χ0v) is 16.1. The number of piperazine rings is 1. The number of fused-ring (bicyclic) bond motifs is 1. The van der Waals surface area contributed by atoms with Crippen LogP contribution in [0.25, 0.3) is 11.0 Å². The lowest BCUT2D eigenvalue weighted by molar-refractivity contribution is -0.132. The first-order valence-electron chi connectivity index (χ1n) is 9.76. The van der Waals surface area contributed by atoms with Crippen molar-refractivity contribution in [3.63, 3.8) is 0 Å². The lowest BCUT2D eigenvalue weighted by atomic mass is 10.0. The van der Waals surface area contributed by atoms with Gasteiger partial charge in [-0.15, -0.1) is 0 Å². The molecule has 0 unspecified atom stereocenters. The van der Waals surface area contributed by atoms with Gasteiger partial charge in [-0.05, 0) is 49.9 Å². The summed E-state index contributed by atoms with van der Waals surface area (Å²) in [7, 11) is 0. The second-order valence-electron chi connectivity index (χ2n) is 7.87. The molecule has 2 aliphatic rings. The monoisotopic (exact) mass is 369 g/mol. The molecule has 6 nitrogen and oxygen atoms in total. The van der Waals surface area contributed by atoms with Crippen molar-refractivity contribution in [2.45, 2.75) is 39.2 Å². The van der Waals surface area contributed by atoms with Crippen LogP contribution >= 0.6 is 0 Å². The molecule has 1 N–H and O–H groups in total. The van der Waals surface area contributed by atoms with Gasteiger partial charge in [0.25, 0.3) is 0 Å². The van der Waals surface area contributed by atoms with E-state index in [0.717, 1.165) is 42.5 Å². The average molecular weight is 369 g/mol. The van der Waals surface area contributed by atoms with Gasteiger partial charge in [0, 0.05) is 43.2 Å². The van der Waals surface area contributed by atoms with Gasteiger partial charge in [-0.1, -0.05) is 0 Å². The highest BCUT2D eigenvalue weighted by Gasteiger charge is 2.26. The summed E-state index contributed by atoms with van der Waals surface area (Å²) in [5.41, 5.74) is 4.18. The first kappa shape index (κ1) is 18.0. The summed E-state index contributed by atoms with van der Waals surface area (Å²) in [6.45, 7) is 7.40. The van der Waals surface area contributed by atoms with Gasteiger partial charge >= 0.3 is 0 Å². The van der Waals surface area contributed by atoms with Crippen molar-refractivity contribution in [1.82, 2.24) is 15.1 Å². The highest BCUT2D eigenvalue weighted by molar-refractivity contribution is 5.88. The minimum Gasteiger partial charge on any atom is -0.464 e. The number of nitrogens with one attached hydrogen (secondary N) is 1. The molecule has 144 valence electrons. The molecule has 2 amide bonds. The molecular weight excluding hydrogens is 342 g/mol. The van der Waals surface area contributed by atoms with Crippen LogP contribution in [0.4, 0.5) is 0 Å². The van der Waals surface area contributed by atoms with Crippen molar-refractivity contribution in [3.8, 4) is 0 Å². The topological polar surface area (TPSA) is 65.8 Å². The van der Waals surface area contributed by atoms with Crippen molar-refractivity contribution < 1.29 is 14.0 Å². The fourth-order valence-electron chi connectivity index (χ4n) is 3.61. The predicted molar refractivity (Wildman–Crippen MR) is 104 cm³/mol. The summed E-state index contributed by atoms with van der Waals surface area (Å²) in [5.74, 6) is 0.228. The van der Waals surface area contributed by atoms with Crippen molar-refractivity contribution >= 4 is 22.8 Å². The maximum Gasteiger partial charge on any atom is 0.234 e. The van der Waals surface area contributed by atoms with E-state index in [1.807, 2.05) is 11.0 Å². The molecule has 1 aromatic heterocycles. The number of benzene rings is 1. The lowest BCUT2D eigenvalue weighted by Crippen LogP contribution is -2.51. The Hall–Kier alpha value is -2.34. The Morgan fingerprint density at radius 1 is 1.11 bits per heavy atom. The quantitative estimate of drug-likeness (QED) is 0.876. The Morgan fingerprint density at radius 2 is 1.81 bits per heavy atom. The van der Waals surface area contributed by atoms with Crippen LogP contribution in [0.15, 0.2) is 22.8 Å². The number of nitrogens with zero attached hydrogens (tertiary/aromatic N) is 2. The maximum absolute atomic E-state index is 12.7. The third kappa shape index (κ3) is 4.16. The summed E-state index contributed by atoms with van der Waals surface area (Å²) in [4.78, 5) is 28.7. The highest BCUT2D eigenvalue weighted by atomic mass is 16.3. The van der Waals surface area contributed by atoms with Crippen molar-refractivity contribution in [1.29, 1.82) is 0 Å². The van der Waals surface area contributed by atoms with Crippen LogP contribution in [0, 0.1) is 13.8 Å². The van der Waals surface area contributed by atoms with E-state index in [9.17, 15) is 9.59 Å². The Balaban J connectivity index is 1.32. The summed E-state index contributed by atoms with van der Waals surface area (Å²) in [5, 5.41) is 4.05. The van der Waals surface area contributed by atoms with Crippen LogP contribution in [0.5, 0.6) is 0 Å². The molecule has 0 bridgehead atoms. The van der Waals surface area contributed by atoms with Crippen molar-refractivity contribution in [2.24, 2.45) is 0 Å². The molecule has 1 saturated carbocycles. The molecule has 1 aliphatic heterocycles. The lowest BCUT2D eigenvalue weighted by Gasteiger charge is -2.34. The number of hydrogen-bond donors (Lipinski definition) is 1. The third-order valence-electron chi connectivity index (χ3n) is 5.65. The van der Waals surface area contributed by atoms with Crippen LogP contribution < -0.4 is 5.32 Å². The van der Waals surface area contributed by atoms with E-state index < -0.39 is 0 Å². The summed E-state index contributed by atoms with van der Waals surface area (Å²) in [6.07, 6.45) is 4.28. The molecule has 1 saturated heterocycles. The smallest absolute Gasteiger partial charge is 0.234 e. The second kappa shape index (κ2) is 7.35.